The molecular formula is C22H23O3P. The average Bonchev–Trinajstić information content (AvgIpc) is 2.62. The highest BCUT2D eigenvalue weighted by Gasteiger charge is 2.10. The molecule has 3 aromatic carbocycles. The number of aryl methyl sites for hydroxylation is 3. The highest BCUT2D eigenvalue weighted by atomic mass is 31.1. The number of rotatable bonds is 3. The molecular weight excluding hydrogens is 343 g/mol. The maximum Gasteiger partial charge on any atom is 0.336 e. The quantitative estimate of drug-likeness (QED) is 0.694. The summed E-state index contributed by atoms with van der Waals surface area (Å²) in [6, 6.07) is 23.0. The highest BCUT2D eigenvalue weighted by Crippen LogP contribution is 2.18. The third kappa shape index (κ3) is 5.18. The third-order valence-electron chi connectivity index (χ3n) is 3.96. The fourth-order valence-electron chi connectivity index (χ4n) is 2.86. The van der Waals surface area contributed by atoms with E-state index in [-0.39, 0.29) is 0 Å². The topological polar surface area (TPSA) is 54.4 Å². The van der Waals surface area contributed by atoms with Crippen molar-refractivity contribution in [3.8, 4) is 0 Å². The smallest absolute Gasteiger partial charge is 0.336 e. The van der Waals surface area contributed by atoms with Crippen molar-refractivity contribution < 1.29 is 14.5 Å². The molecule has 0 amide bonds. The number of carboxylic acids is 1. The molecule has 0 aliphatic rings. The molecule has 0 bridgehead atoms. The Kier molecular flexibility index (Phi) is 6.94. The van der Waals surface area contributed by atoms with Crippen LogP contribution >= 0.6 is 7.80 Å². The van der Waals surface area contributed by atoms with E-state index in [4.69, 9.17) is 5.11 Å². The van der Waals surface area contributed by atoms with Crippen molar-refractivity contribution in [3.63, 3.8) is 0 Å². The molecule has 0 aliphatic heterocycles. The normalized spacial score (nSPS) is 10.2. The SMILES string of the molecule is Cc1cc(C)c(C(=O)O)c(C)c1.O=[PH](c1ccccc1)c1ccccc1. The monoisotopic (exact) mass is 366 g/mol. The first kappa shape index (κ1) is 19.7. The van der Waals surface area contributed by atoms with Gasteiger partial charge in [-0.15, -0.1) is 0 Å². The first-order valence-electron chi connectivity index (χ1n) is 8.36. The Bertz CT molecular complexity index is 839. The third-order valence-corrected chi connectivity index (χ3v) is 5.68. The first-order chi connectivity index (χ1) is 12.4. The number of aromatic carboxylic acids is 1. The van der Waals surface area contributed by atoms with E-state index in [1.54, 1.807) is 0 Å². The van der Waals surface area contributed by atoms with Crippen LogP contribution in [0.5, 0.6) is 0 Å². The van der Waals surface area contributed by atoms with Gasteiger partial charge in [0.2, 0.25) is 0 Å². The van der Waals surface area contributed by atoms with Crippen LogP contribution in [0.25, 0.3) is 0 Å². The summed E-state index contributed by atoms with van der Waals surface area (Å²) in [5.41, 5.74) is 3.20. The van der Waals surface area contributed by atoms with Crippen molar-refractivity contribution in [1.29, 1.82) is 0 Å². The minimum absolute atomic E-state index is 0.431. The molecule has 0 spiro atoms. The predicted octanol–water partition coefficient (Wildman–Crippen LogP) is 4.51. The number of benzene rings is 3. The van der Waals surface area contributed by atoms with E-state index in [1.807, 2.05) is 93.6 Å². The summed E-state index contributed by atoms with van der Waals surface area (Å²) < 4.78 is 12.0. The molecule has 3 rings (SSSR count). The van der Waals surface area contributed by atoms with Crippen LogP contribution in [0, 0.1) is 20.8 Å². The van der Waals surface area contributed by atoms with Crippen LogP contribution in [0.3, 0.4) is 0 Å². The number of carbonyl (C=O) groups is 1. The van der Waals surface area contributed by atoms with Gasteiger partial charge < -0.3 is 9.67 Å². The zero-order valence-electron chi connectivity index (χ0n) is 15.2. The van der Waals surface area contributed by atoms with E-state index in [9.17, 15) is 9.36 Å². The lowest BCUT2D eigenvalue weighted by Crippen LogP contribution is -2.04. The van der Waals surface area contributed by atoms with Crippen molar-refractivity contribution in [1.82, 2.24) is 0 Å². The summed E-state index contributed by atoms with van der Waals surface area (Å²) in [7, 11) is -1.79. The van der Waals surface area contributed by atoms with Crippen LogP contribution in [-0.4, -0.2) is 11.1 Å². The summed E-state index contributed by atoms with van der Waals surface area (Å²) in [4.78, 5) is 10.8. The van der Waals surface area contributed by atoms with Gasteiger partial charge in [0.15, 0.2) is 0 Å². The van der Waals surface area contributed by atoms with Gasteiger partial charge in [-0.25, -0.2) is 4.79 Å². The van der Waals surface area contributed by atoms with Crippen LogP contribution in [0.1, 0.15) is 27.0 Å². The van der Waals surface area contributed by atoms with Gasteiger partial charge >= 0.3 is 5.97 Å². The Labute approximate surface area is 155 Å². The van der Waals surface area contributed by atoms with Crippen LogP contribution in [0.4, 0.5) is 0 Å². The maximum atomic E-state index is 12.0. The van der Waals surface area contributed by atoms with Gasteiger partial charge in [0, 0.05) is 10.6 Å². The van der Waals surface area contributed by atoms with Gasteiger partial charge in [0.1, 0.15) is 7.80 Å². The molecule has 0 saturated carbocycles. The second-order valence-corrected chi connectivity index (χ2v) is 7.95. The van der Waals surface area contributed by atoms with Crippen molar-refractivity contribution >= 4 is 24.4 Å². The molecule has 1 N–H and O–H groups in total. The molecule has 0 radical (unpaired) electrons. The standard InChI is InChI=1S/C12H11OP.C10H12O2/c13-14(11-7-3-1-4-8-11)12-9-5-2-6-10-12;1-6-4-7(2)9(10(11)12)8(3)5-6/h1-10,14H;4-5H,1-3H3,(H,11,12). The summed E-state index contributed by atoms with van der Waals surface area (Å²) in [6.45, 7) is 5.61. The lowest BCUT2D eigenvalue weighted by atomic mass is 10.0. The fourth-order valence-corrected chi connectivity index (χ4v) is 4.19. The Morgan fingerprint density at radius 1 is 0.769 bits per heavy atom. The molecule has 0 aliphatic carbocycles. The average molecular weight is 366 g/mol. The van der Waals surface area contributed by atoms with E-state index in [0.29, 0.717) is 5.56 Å². The van der Waals surface area contributed by atoms with Gasteiger partial charge in [0.05, 0.1) is 5.56 Å². The van der Waals surface area contributed by atoms with E-state index < -0.39 is 13.8 Å². The molecule has 0 aromatic heterocycles. The zero-order chi connectivity index (χ0) is 19.1. The summed E-state index contributed by atoms with van der Waals surface area (Å²) in [5, 5.41) is 10.7. The maximum absolute atomic E-state index is 12.0. The molecule has 3 nitrogen and oxygen atoms in total. The molecule has 3 aromatic rings. The van der Waals surface area contributed by atoms with Gasteiger partial charge in [-0.05, 0) is 31.9 Å². The lowest BCUT2D eigenvalue weighted by molar-refractivity contribution is 0.0695. The molecule has 0 heterocycles. The van der Waals surface area contributed by atoms with E-state index in [2.05, 4.69) is 0 Å². The lowest BCUT2D eigenvalue weighted by Gasteiger charge is -2.05. The Hall–Kier alpha value is -2.64. The fraction of sp³-hybridized carbons (Fsp3) is 0.136. The number of carboxylic acid groups (broad SMARTS) is 1. The largest absolute Gasteiger partial charge is 0.478 e. The molecule has 0 atom stereocenters. The van der Waals surface area contributed by atoms with Crippen LogP contribution in [0.2, 0.25) is 0 Å². The zero-order valence-corrected chi connectivity index (χ0v) is 16.2. The van der Waals surface area contributed by atoms with Crippen LogP contribution in [-0.2, 0) is 4.57 Å². The molecule has 134 valence electrons. The Morgan fingerprint density at radius 3 is 1.50 bits per heavy atom. The van der Waals surface area contributed by atoms with E-state index >= 15 is 0 Å². The Morgan fingerprint density at radius 2 is 1.15 bits per heavy atom. The van der Waals surface area contributed by atoms with Crippen LogP contribution < -0.4 is 10.6 Å². The molecule has 0 unspecified atom stereocenters. The second kappa shape index (κ2) is 9.17. The molecule has 0 saturated heterocycles. The first-order valence-corrected chi connectivity index (χ1v) is 9.77. The molecule has 0 fully saturated rings. The molecule has 4 heteroatoms. The highest BCUT2D eigenvalue weighted by molar-refractivity contribution is 7.61. The minimum Gasteiger partial charge on any atom is -0.478 e. The van der Waals surface area contributed by atoms with Gasteiger partial charge in [-0.2, -0.15) is 0 Å². The van der Waals surface area contributed by atoms with E-state index in [0.717, 1.165) is 27.3 Å². The second-order valence-electron chi connectivity index (χ2n) is 6.14. The van der Waals surface area contributed by atoms with Crippen molar-refractivity contribution in [3.05, 3.63) is 95.1 Å². The van der Waals surface area contributed by atoms with Gasteiger partial charge in [-0.3, -0.25) is 0 Å². The van der Waals surface area contributed by atoms with Crippen molar-refractivity contribution in [2.75, 3.05) is 0 Å². The summed E-state index contributed by atoms with van der Waals surface area (Å²) >= 11 is 0. The van der Waals surface area contributed by atoms with Gasteiger partial charge in [0.25, 0.3) is 0 Å². The number of hydrogen-bond donors (Lipinski definition) is 1. The van der Waals surface area contributed by atoms with Crippen molar-refractivity contribution in [2.24, 2.45) is 0 Å². The summed E-state index contributed by atoms with van der Waals surface area (Å²) in [5.74, 6) is -0.843. The number of hydrogen-bond acceptors (Lipinski definition) is 2. The molecule has 26 heavy (non-hydrogen) atoms. The summed E-state index contributed by atoms with van der Waals surface area (Å²) in [6.07, 6.45) is 0. The predicted molar refractivity (Wildman–Crippen MR) is 109 cm³/mol. The van der Waals surface area contributed by atoms with Crippen molar-refractivity contribution in [2.45, 2.75) is 20.8 Å². The van der Waals surface area contributed by atoms with Crippen LogP contribution in [0.15, 0.2) is 72.8 Å². The van der Waals surface area contributed by atoms with Gasteiger partial charge in [-0.1, -0.05) is 78.4 Å². The Balaban J connectivity index is 0.000000190. The minimum atomic E-state index is -1.79. The van der Waals surface area contributed by atoms with E-state index in [1.165, 1.54) is 0 Å².